The standard InChI is InChI=1S/C43H62O23/c1-6-19-22(25(38(55)56)15-60-40(19)65-42-36(53)34(51)32(49)28(12-45)63-42)10-31(48)62-27-8-21(17(3)11-44)24(18(27)4)14-59-30(47)9-23-20(7-2)41(61-16-26(23)39(57)58-5)66-43-37(54)35(52)33(50)29(13-46)64-43/h6-7,15-18,21-24,27-29,32-37,40-46,49-54H,8-14H2,1-5H3,(H,55,56)/b19-6-,20-7-/t17?,18-,21+,22+,23+,24-,27+,28-,29-,32-,33-,34+,35+,36-,37-,40+,41+,42+,43+/m1/s1. The number of aliphatic hydroxyl groups is 9. The van der Waals surface area contributed by atoms with Gasteiger partial charge in [-0.25, -0.2) is 9.59 Å². The van der Waals surface area contributed by atoms with Crippen molar-refractivity contribution in [3.63, 3.8) is 0 Å². The zero-order valence-electron chi connectivity index (χ0n) is 37.0. The summed E-state index contributed by atoms with van der Waals surface area (Å²) in [6.07, 6.45) is -15.8. The third-order valence-electron chi connectivity index (χ3n) is 13.1. The molecule has 0 spiro atoms. The number of carbonyl (C=O) groups excluding carboxylic acids is 3. The second-order valence-corrected chi connectivity index (χ2v) is 16.9. The molecule has 0 aromatic heterocycles. The molecule has 0 amide bonds. The van der Waals surface area contributed by atoms with Crippen molar-refractivity contribution < 1.29 is 113 Å². The fourth-order valence-corrected chi connectivity index (χ4v) is 9.08. The van der Waals surface area contributed by atoms with Crippen LogP contribution in [0.15, 0.2) is 47.0 Å². The van der Waals surface area contributed by atoms with Crippen LogP contribution in [0.4, 0.5) is 0 Å². The zero-order valence-corrected chi connectivity index (χ0v) is 37.0. The smallest absolute Gasteiger partial charge is 0.337 e. The van der Waals surface area contributed by atoms with Crippen LogP contribution in [0.2, 0.25) is 0 Å². The number of hydrogen-bond donors (Lipinski definition) is 10. The summed E-state index contributed by atoms with van der Waals surface area (Å²) in [4.78, 5) is 52.6. The van der Waals surface area contributed by atoms with Gasteiger partial charge in [-0.1, -0.05) is 26.0 Å². The van der Waals surface area contributed by atoms with Crippen molar-refractivity contribution in [3.8, 4) is 0 Å². The number of hydrogen-bond acceptors (Lipinski definition) is 22. The van der Waals surface area contributed by atoms with E-state index in [-0.39, 0.29) is 53.8 Å². The van der Waals surface area contributed by atoms with Gasteiger partial charge in [-0.3, -0.25) is 9.59 Å². The predicted molar refractivity (Wildman–Crippen MR) is 217 cm³/mol. The van der Waals surface area contributed by atoms with Crippen molar-refractivity contribution in [2.45, 2.75) is 127 Å². The van der Waals surface area contributed by atoms with Gasteiger partial charge in [0.05, 0.1) is 63.4 Å². The minimum absolute atomic E-state index is 0.0811. The Morgan fingerprint density at radius 1 is 0.742 bits per heavy atom. The van der Waals surface area contributed by atoms with Crippen LogP contribution in [0.5, 0.6) is 0 Å². The highest BCUT2D eigenvalue weighted by Crippen LogP contribution is 2.44. The van der Waals surface area contributed by atoms with Gasteiger partial charge in [0.15, 0.2) is 12.6 Å². The molecule has 4 heterocycles. The molecule has 0 radical (unpaired) electrons. The van der Waals surface area contributed by atoms with E-state index < -0.39 is 154 Å². The van der Waals surface area contributed by atoms with Gasteiger partial charge < -0.3 is 93.7 Å². The van der Waals surface area contributed by atoms with Crippen molar-refractivity contribution in [3.05, 3.63) is 47.0 Å². The first-order valence-corrected chi connectivity index (χ1v) is 21.6. The molecule has 23 heteroatoms. The molecule has 2 saturated heterocycles. The maximum Gasteiger partial charge on any atom is 0.337 e. The number of carboxylic acids is 1. The monoisotopic (exact) mass is 946 g/mol. The summed E-state index contributed by atoms with van der Waals surface area (Å²) in [5, 5.41) is 101. The SMILES string of the molecule is C/C=C1\[C@H](O[C@@H]2O[C@H](CO)[C@@H](O)[C@H](O)[C@H]2O)OC=C(C(=O)O)[C@H]1CC(=O)O[C@H]1C[C@@H](C(C)CO)[C@H](COC(=O)C[C@@H]2C(C(=O)OC)=CO[C@@H](O[C@@H]3O[C@H](CO)[C@@H](O)[C@H](O)[C@H]3O)/C2=C\C)[C@H]1C. The lowest BCUT2D eigenvalue weighted by atomic mass is 9.83. The molecule has 0 aromatic rings. The number of methoxy groups -OCH3 is 1. The van der Waals surface area contributed by atoms with E-state index in [9.17, 15) is 70.2 Å². The van der Waals surface area contributed by atoms with Gasteiger partial charge in [-0.2, -0.15) is 0 Å². The van der Waals surface area contributed by atoms with Crippen molar-refractivity contribution in [2.75, 3.05) is 33.5 Å². The number of esters is 3. The summed E-state index contributed by atoms with van der Waals surface area (Å²) in [7, 11) is 1.13. The second-order valence-electron chi connectivity index (χ2n) is 16.9. The van der Waals surface area contributed by atoms with Crippen LogP contribution in [-0.2, 0) is 61.8 Å². The number of aliphatic carboxylic acids is 1. The molecule has 1 saturated carbocycles. The topological polar surface area (TPSA) is 354 Å². The van der Waals surface area contributed by atoms with Gasteiger partial charge in [0.25, 0.3) is 0 Å². The molecule has 23 nitrogen and oxygen atoms in total. The number of ether oxygens (including phenoxy) is 9. The van der Waals surface area contributed by atoms with Crippen LogP contribution >= 0.6 is 0 Å². The molecule has 4 aliphatic heterocycles. The minimum atomic E-state index is -1.80. The van der Waals surface area contributed by atoms with Gasteiger partial charge in [-0.05, 0) is 38.0 Å². The molecule has 5 aliphatic rings. The fourth-order valence-electron chi connectivity index (χ4n) is 9.08. The highest BCUT2D eigenvalue weighted by Gasteiger charge is 2.50. The Morgan fingerprint density at radius 2 is 1.23 bits per heavy atom. The average Bonchev–Trinajstić information content (AvgIpc) is 3.61. The minimum Gasteiger partial charge on any atom is -0.478 e. The van der Waals surface area contributed by atoms with Gasteiger partial charge in [0.1, 0.15) is 54.9 Å². The van der Waals surface area contributed by atoms with Crippen LogP contribution in [0.25, 0.3) is 0 Å². The predicted octanol–water partition coefficient (Wildman–Crippen LogP) is -2.38. The van der Waals surface area contributed by atoms with E-state index in [1.165, 1.54) is 19.1 Å². The number of allylic oxidation sites excluding steroid dienone is 2. The Bertz CT molecular complexity index is 1830. The first kappa shape index (κ1) is 52.9. The van der Waals surface area contributed by atoms with Crippen LogP contribution in [-0.4, -0.2) is 189 Å². The van der Waals surface area contributed by atoms with E-state index in [4.69, 9.17) is 42.6 Å². The summed E-state index contributed by atoms with van der Waals surface area (Å²) >= 11 is 0. The first-order chi connectivity index (χ1) is 31.3. The Labute approximate surface area is 379 Å². The Balaban J connectivity index is 1.26. The first-order valence-electron chi connectivity index (χ1n) is 21.6. The quantitative estimate of drug-likeness (QED) is 0.0413. The van der Waals surface area contributed by atoms with E-state index in [1.54, 1.807) is 20.8 Å². The molecule has 372 valence electrons. The average molecular weight is 947 g/mol. The summed E-state index contributed by atoms with van der Waals surface area (Å²) in [5.41, 5.74) is -0.0738. The molecule has 19 atom stereocenters. The Kier molecular flexibility index (Phi) is 18.7. The zero-order chi connectivity index (χ0) is 48.7. The summed E-state index contributed by atoms with van der Waals surface area (Å²) in [5.74, 6) is -7.72. The fraction of sp³-hybridized carbons (Fsp3) is 0.721. The van der Waals surface area contributed by atoms with Crippen LogP contribution in [0.3, 0.4) is 0 Å². The summed E-state index contributed by atoms with van der Waals surface area (Å²) < 4.78 is 50.3. The van der Waals surface area contributed by atoms with Crippen molar-refractivity contribution in [1.29, 1.82) is 0 Å². The highest BCUT2D eigenvalue weighted by atomic mass is 16.8. The highest BCUT2D eigenvalue weighted by molar-refractivity contribution is 5.91. The summed E-state index contributed by atoms with van der Waals surface area (Å²) in [6.45, 7) is 4.74. The third kappa shape index (κ3) is 11.4. The molecule has 66 heavy (non-hydrogen) atoms. The molecule has 10 N–H and O–H groups in total. The maximum absolute atomic E-state index is 13.7. The molecular weight excluding hydrogens is 884 g/mol. The third-order valence-corrected chi connectivity index (χ3v) is 13.1. The molecule has 0 bridgehead atoms. The van der Waals surface area contributed by atoms with Crippen LogP contribution in [0.1, 0.15) is 47.0 Å². The second kappa shape index (κ2) is 23.3. The lowest BCUT2D eigenvalue weighted by Gasteiger charge is -2.41. The lowest BCUT2D eigenvalue weighted by Crippen LogP contribution is -2.60. The van der Waals surface area contributed by atoms with Gasteiger partial charge in [-0.15, -0.1) is 0 Å². The molecular formula is C43H62O23. The molecule has 5 rings (SSSR count). The van der Waals surface area contributed by atoms with Gasteiger partial charge >= 0.3 is 23.9 Å². The van der Waals surface area contributed by atoms with E-state index in [1.807, 2.05) is 0 Å². The van der Waals surface area contributed by atoms with E-state index >= 15 is 0 Å². The maximum atomic E-state index is 13.7. The van der Waals surface area contributed by atoms with Crippen molar-refractivity contribution >= 4 is 23.9 Å². The van der Waals surface area contributed by atoms with Crippen molar-refractivity contribution in [1.82, 2.24) is 0 Å². The number of aliphatic hydroxyl groups excluding tert-OH is 9. The molecule has 3 fully saturated rings. The van der Waals surface area contributed by atoms with E-state index in [0.717, 1.165) is 19.6 Å². The largest absolute Gasteiger partial charge is 0.478 e. The molecule has 0 aromatic carbocycles. The normalized spacial score (nSPS) is 39.8. The number of rotatable bonds is 17. The van der Waals surface area contributed by atoms with Crippen LogP contribution in [0, 0.1) is 35.5 Å². The lowest BCUT2D eigenvalue weighted by molar-refractivity contribution is -0.327. The summed E-state index contributed by atoms with van der Waals surface area (Å²) in [6, 6.07) is 0. The molecule has 1 aliphatic carbocycles. The number of carbonyl (C=O) groups is 4. The van der Waals surface area contributed by atoms with Crippen LogP contribution < -0.4 is 0 Å². The van der Waals surface area contributed by atoms with Gasteiger partial charge in [0.2, 0.25) is 12.6 Å². The Morgan fingerprint density at radius 3 is 1.68 bits per heavy atom. The van der Waals surface area contributed by atoms with E-state index in [0.29, 0.717) is 0 Å². The Hall–Kier alpha value is -4.08. The van der Waals surface area contributed by atoms with E-state index in [2.05, 4.69) is 0 Å². The number of carboxylic acid groups (broad SMARTS) is 1. The van der Waals surface area contributed by atoms with Crippen molar-refractivity contribution in [2.24, 2.45) is 35.5 Å². The molecule has 1 unspecified atom stereocenters. The van der Waals surface area contributed by atoms with Gasteiger partial charge in [0, 0.05) is 35.5 Å².